The number of carbonyl (C=O) groups excluding carboxylic acids is 1. The highest BCUT2D eigenvalue weighted by Crippen LogP contribution is 2.36. The van der Waals surface area contributed by atoms with Gasteiger partial charge in [-0.15, -0.1) is 0 Å². The van der Waals surface area contributed by atoms with Gasteiger partial charge in [-0.3, -0.25) is 4.79 Å². The Labute approximate surface area is 97.8 Å². The SMILES string of the molecule is CN1C(=O)Cc2c(-c3cc(N)no3)cccc21. The first-order chi connectivity index (χ1) is 8.16. The first-order valence-electron chi connectivity index (χ1n) is 5.28. The Morgan fingerprint density at radius 2 is 2.29 bits per heavy atom. The van der Waals surface area contributed by atoms with Gasteiger partial charge >= 0.3 is 0 Å². The first kappa shape index (κ1) is 9.89. The standard InChI is InChI=1S/C12H11N3O2/c1-15-9-4-2-3-7(8(9)5-12(15)16)10-6-11(13)14-17-10/h2-4,6H,5H2,1H3,(H2,13,14). The van der Waals surface area contributed by atoms with E-state index in [-0.39, 0.29) is 5.91 Å². The summed E-state index contributed by atoms with van der Waals surface area (Å²) in [5, 5.41) is 3.66. The fraction of sp³-hybridized carbons (Fsp3) is 0.167. The van der Waals surface area contributed by atoms with Gasteiger partial charge in [0, 0.05) is 24.4 Å². The van der Waals surface area contributed by atoms with Crippen molar-refractivity contribution in [1.82, 2.24) is 5.16 Å². The van der Waals surface area contributed by atoms with Crippen LogP contribution in [0.3, 0.4) is 0 Å². The zero-order valence-corrected chi connectivity index (χ0v) is 9.30. The van der Waals surface area contributed by atoms with Gasteiger partial charge in [0.2, 0.25) is 5.91 Å². The highest BCUT2D eigenvalue weighted by molar-refractivity contribution is 6.03. The number of amides is 1. The molecule has 0 fully saturated rings. The third kappa shape index (κ3) is 1.39. The smallest absolute Gasteiger partial charge is 0.231 e. The van der Waals surface area contributed by atoms with Gasteiger partial charge in [0.15, 0.2) is 11.6 Å². The third-order valence-electron chi connectivity index (χ3n) is 3.01. The average molecular weight is 229 g/mol. The highest BCUT2D eigenvalue weighted by Gasteiger charge is 2.27. The molecule has 1 aromatic heterocycles. The Balaban J connectivity index is 2.18. The number of hydrogen-bond acceptors (Lipinski definition) is 4. The normalized spacial score (nSPS) is 14.2. The lowest BCUT2D eigenvalue weighted by Crippen LogP contribution is -2.20. The Hall–Kier alpha value is -2.30. The minimum Gasteiger partial charge on any atom is -0.381 e. The molecule has 17 heavy (non-hydrogen) atoms. The van der Waals surface area contributed by atoms with Gasteiger partial charge in [0.1, 0.15) is 0 Å². The summed E-state index contributed by atoms with van der Waals surface area (Å²) in [7, 11) is 1.77. The zero-order chi connectivity index (χ0) is 12.0. The van der Waals surface area contributed by atoms with Crippen LogP contribution in [0.15, 0.2) is 28.8 Å². The summed E-state index contributed by atoms with van der Waals surface area (Å²) in [4.78, 5) is 13.3. The van der Waals surface area contributed by atoms with E-state index in [2.05, 4.69) is 5.16 Å². The number of carbonyl (C=O) groups is 1. The molecule has 86 valence electrons. The number of fused-ring (bicyclic) bond motifs is 1. The van der Waals surface area contributed by atoms with Crippen LogP contribution in [0.2, 0.25) is 0 Å². The molecule has 3 rings (SSSR count). The first-order valence-corrected chi connectivity index (χ1v) is 5.28. The van der Waals surface area contributed by atoms with E-state index in [1.807, 2.05) is 18.2 Å². The van der Waals surface area contributed by atoms with E-state index in [1.165, 1.54) is 0 Å². The van der Waals surface area contributed by atoms with Crippen molar-refractivity contribution in [1.29, 1.82) is 0 Å². The molecule has 1 aromatic carbocycles. The van der Waals surface area contributed by atoms with E-state index in [4.69, 9.17) is 10.3 Å². The van der Waals surface area contributed by atoms with Crippen LogP contribution in [-0.2, 0) is 11.2 Å². The summed E-state index contributed by atoms with van der Waals surface area (Å²) < 4.78 is 5.14. The molecule has 2 N–H and O–H groups in total. The monoisotopic (exact) mass is 229 g/mol. The lowest BCUT2D eigenvalue weighted by Gasteiger charge is -2.10. The molecular formula is C12H11N3O2. The van der Waals surface area contributed by atoms with Crippen LogP contribution in [0.1, 0.15) is 5.56 Å². The summed E-state index contributed by atoms with van der Waals surface area (Å²) in [6.45, 7) is 0. The number of rotatable bonds is 1. The second-order valence-electron chi connectivity index (χ2n) is 4.05. The van der Waals surface area contributed by atoms with E-state index in [0.29, 0.717) is 18.0 Å². The van der Waals surface area contributed by atoms with Gasteiger partial charge in [0.05, 0.1) is 6.42 Å². The van der Waals surface area contributed by atoms with Crippen LogP contribution in [0.25, 0.3) is 11.3 Å². The number of benzene rings is 1. The predicted molar refractivity (Wildman–Crippen MR) is 63.5 cm³/mol. The van der Waals surface area contributed by atoms with E-state index >= 15 is 0 Å². The van der Waals surface area contributed by atoms with E-state index in [9.17, 15) is 4.79 Å². The number of anilines is 2. The van der Waals surface area contributed by atoms with Crippen LogP contribution >= 0.6 is 0 Å². The lowest BCUT2D eigenvalue weighted by molar-refractivity contribution is -0.117. The summed E-state index contributed by atoms with van der Waals surface area (Å²) in [5.74, 6) is 1.03. The Morgan fingerprint density at radius 3 is 3.00 bits per heavy atom. The molecule has 5 nitrogen and oxygen atoms in total. The molecule has 1 aliphatic heterocycles. The number of nitrogen functional groups attached to an aromatic ring is 1. The van der Waals surface area contributed by atoms with Crippen LogP contribution in [0.4, 0.5) is 11.5 Å². The van der Waals surface area contributed by atoms with Crippen LogP contribution < -0.4 is 10.6 Å². The Bertz CT molecular complexity index is 604. The van der Waals surface area contributed by atoms with Crippen molar-refractivity contribution in [3.8, 4) is 11.3 Å². The molecular weight excluding hydrogens is 218 g/mol. The summed E-state index contributed by atoms with van der Waals surface area (Å²) in [5.41, 5.74) is 8.30. The molecule has 0 atom stereocenters. The topological polar surface area (TPSA) is 72.4 Å². The van der Waals surface area contributed by atoms with E-state index in [1.54, 1.807) is 18.0 Å². The fourth-order valence-corrected chi connectivity index (χ4v) is 2.13. The van der Waals surface area contributed by atoms with Crippen molar-refractivity contribution in [2.75, 3.05) is 17.7 Å². The van der Waals surface area contributed by atoms with Crippen LogP contribution in [-0.4, -0.2) is 18.1 Å². The summed E-state index contributed by atoms with van der Waals surface area (Å²) in [6.07, 6.45) is 0.391. The molecule has 5 heteroatoms. The maximum atomic E-state index is 11.7. The minimum absolute atomic E-state index is 0.0833. The zero-order valence-electron chi connectivity index (χ0n) is 9.30. The number of nitrogens with zero attached hydrogens (tertiary/aromatic N) is 2. The maximum Gasteiger partial charge on any atom is 0.231 e. The largest absolute Gasteiger partial charge is 0.381 e. The summed E-state index contributed by atoms with van der Waals surface area (Å²) >= 11 is 0. The Morgan fingerprint density at radius 1 is 1.47 bits per heavy atom. The van der Waals surface area contributed by atoms with Crippen molar-refractivity contribution in [3.63, 3.8) is 0 Å². The van der Waals surface area contributed by atoms with Gasteiger partial charge in [-0.2, -0.15) is 0 Å². The van der Waals surface area contributed by atoms with Gasteiger partial charge in [0.25, 0.3) is 0 Å². The average Bonchev–Trinajstić information content (AvgIpc) is 2.85. The molecule has 0 bridgehead atoms. The molecule has 2 aromatic rings. The molecule has 0 saturated heterocycles. The molecule has 1 aliphatic rings. The molecule has 2 heterocycles. The molecule has 0 radical (unpaired) electrons. The fourth-order valence-electron chi connectivity index (χ4n) is 2.13. The molecule has 1 amide bonds. The van der Waals surface area contributed by atoms with E-state index < -0.39 is 0 Å². The van der Waals surface area contributed by atoms with Crippen LogP contribution in [0, 0.1) is 0 Å². The second kappa shape index (κ2) is 3.35. The maximum absolute atomic E-state index is 11.7. The third-order valence-corrected chi connectivity index (χ3v) is 3.01. The molecule has 0 unspecified atom stereocenters. The van der Waals surface area contributed by atoms with Crippen molar-refractivity contribution >= 4 is 17.4 Å². The van der Waals surface area contributed by atoms with Gasteiger partial charge in [-0.25, -0.2) is 0 Å². The molecule has 0 saturated carbocycles. The van der Waals surface area contributed by atoms with Crippen molar-refractivity contribution in [3.05, 3.63) is 29.8 Å². The second-order valence-corrected chi connectivity index (χ2v) is 4.05. The van der Waals surface area contributed by atoms with Crippen LogP contribution in [0.5, 0.6) is 0 Å². The summed E-state index contributed by atoms with van der Waals surface area (Å²) in [6, 6.07) is 7.38. The van der Waals surface area contributed by atoms with Crippen molar-refractivity contribution in [2.45, 2.75) is 6.42 Å². The van der Waals surface area contributed by atoms with E-state index in [0.717, 1.165) is 16.8 Å². The molecule has 0 aliphatic carbocycles. The highest BCUT2D eigenvalue weighted by atomic mass is 16.5. The predicted octanol–water partition coefficient (Wildman–Crippen LogP) is 1.44. The molecule has 0 spiro atoms. The number of hydrogen-bond donors (Lipinski definition) is 1. The van der Waals surface area contributed by atoms with Crippen molar-refractivity contribution in [2.24, 2.45) is 0 Å². The van der Waals surface area contributed by atoms with Gasteiger partial charge < -0.3 is 15.2 Å². The quantitative estimate of drug-likeness (QED) is 0.803. The lowest BCUT2D eigenvalue weighted by atomic mass is 10.0. The minimum atomic E-state index is 0.0833. The van der Waals surface area contributed by atoms with Crippen molar-refractivity contribution < 1.29 is 9.32 Å². The number of likely N-dealkylation sites (N-methyl/N-ethyl adjacent to an activating group) is 1. The number of aromatic nitrogens is 1. The number of nitrogens with two attached hydrogens (primary N) is 1. The van der Waals surface area contributed by atoms with Gasteiger partial charge in [-0.1, -0.05) is 17.3 Å². The van der Waals surface area contributed by atoms with Gasteiger partial charge in [-0.05, 0) is 11.6 Å². The Kier molecular flexibility index (Phi) is 1.95.